The number of piperidine rings is 1. The van der Waals surface area contributed by atoms with Crippen LogP contribution in [-0.4, -0.2) is 54.5 Å². The molecule has 0 spiro atoms. The summed E-state index contributed by atoms with van der Waals surface area (Å²) in [6.45, 7) is 5.41. The molecule has 35 heavy (non-hydrogen) atoms. The normalized spacial score (nSPS) is 16.5. The number of phenols is 1. The molecular formula is C23H27Cl2N3O6S. The van der Waals surface area contributed by atoms with E-state index in [1.807, 2.05) is 0 Å². The van der Waals surface area contributed by atoms with Gasteiger partial charge in [-0.3, -0.25) is 0 Å². The Morgan fingerprint density at radius 2 is 1.71 bits per heavy atom. The number of rotatable bonds is 4. The molecule has 1 atom stereocenters. The van der Waals surface area contributed by atoms with Crippen molar-refractivity contribution < 1.29 is 27.9 Å². The number of carbonyl (C=O) groups is 2. The average molecular weight is 544 g/mol. The number of hydrogen-bond donors (Lipinski definition) is 3. The van der Waals surface area contributed by atoms with Gasteiger partial charge in [0.15, 0.2) is 15.6 Å². The van der Waals surface area contributed by atoms with E-state index < -0.39 is 43.5 Å². The number of ether oxygens (including phenoxy) is 1. The van der Waals surface area contributed by atoms with Gasteiger partial charge in [0.05, 0.1) is 26.7 Å². The molecule has 1 aliphatic heterocycles. The molecule has 12 heteroatoms. The SMILES string of the molecule is CC(C)(C)OC(=O)N1CCC[C@H](S(=O)(=O)c2c(Cl)ccc(NC(=O)Nc3ccccc3Cl)c2O)C1. The van der Waals surface area contributed by atoms with Crippen LogP contribution in [0, 0.1) is 0 Å². The lowest BCUT2D eigenvalue weighted by molar-refractivity contribution is 0.0219. The van der Waals surface area contributed by atoms with Gasteiger partial charge in [0, 0.05) is 13.1 Å². The summed E-state index contributed by atoms with van der Waals surface area (Å²) >= 11 is 12.2. The molecule has 3 amide bonds. The second kappa shape index (κ2) is 10.5. The number of urea groups is 1. The highest BCUT2D eigenvalue weighted by Gasteiger charge is 2.38. The summed E-state index contributed by atoms with van der Waals surface area (Å²) in [4.78, 5) is 25.7. The third kappa shape index (κ3) is 6.50. The Kier molecular flexibility index (Phi) is 8.08. The number of nitrogens with zero attached hydrogens (tertiary/aromatic N) is 1. The Balaban J connectivity index is 1.83. The minimum absolute atomic E-state index is 0.113. The predicted octanol–water partition coefficient (Wildman–Crippen LogP) is 5.52. The Labute approximate surface area is 214 Å². The lowest BCUT2D eigenvalue weighted by atomic mass is 10.1. The van der Waals surface area contributed by atoms with E-state index in [1.54, 1.807) is 45.0 Å². The number of phenolic OH excluding ortho intramolecular Hbond substituents is 1. The minimum atomic E-state index is -4.18. The van der Waals surface area contributed by atoms with Gasteiger partial charge in [-0.1, -0.05) is 35.3 Å². The van der Waals surface area contributed by atoms with Crippen molar-refractivity contribution in [3.8, 4) is 5.75 Å². The molecular weight excluding hydrogens is 517 g/mol. The lowest BCUT2D eigenvalue weighted by Crippen LogP contribution is -2.47. The van der Waals surface area contributed by atoms with Gasteiger partial charge in [-0.2, -0.15) is 0 Å². The largest absolute Gasteiger partial charge is 0.504 e. The molecule has 3 N–H and O–H groups in total. The van der Waals surface area contributed by atoms with E-state index in [4.69, 9.17) is 27.9 Å². The summed E-state index contributed by atoms with van der Waals surface area (Å²) in [5, 5.41) is 14.8. The number of aromatic hydroxyl groups is 1. The zero-order chi connectivity index (χ0) is 26.0. The van der Waals surface area contributed by atoms with Gasteiger partial charge >= 0.3 is 12.1 Å². The first kappa shape index (κ1) is 26.9. The van der Waals surface area contributed by atoms with Gasteiger partial charge in [-0.05, 0) is 57.9 Å². The van der Waals surface area contributed by atoms with Crippen molar-refractivity contribution in [1.82, 2.24) is 4.90 Å². The van der Waals surface area contributed by atoms with Crippen LogP contribution in [0.5, 0.6) is 5.75 Å². The van der Waals surface area contributed by atoms with Crippen LogP contribution in [0.4, 0.5) is 21.0 Å². The Morgan fingerprint density at radius 3 is 2.37 bits per heavy atom. The number of sulfone groups is 1. The van der Waals surface area contributed by atoms with Gasteiger partial charge in [-0.25, -0.2) is 18.0 Å². The van der Waals surface area contributed by atoms with Crippen LogP contribution in [0.15, 0.2) is 41.3 Å². The van der Waals surface area contributed by atoms with E-state index in [9.17, 15) is 23.1 Å². The van der Waals surface area contributed by atoms with Gasteiger partial charge in [0.2, 0.25) is 0 Å². The second-order valence-corrected chi connectivity index (χ2v) is 12.0. The summed E-state index contributed by atoms with van der Waals surface area (Å²) in [5.74, 6) is -0.693. The predicted molar refractivity (Wildman–Crippen MR) is 135 cm³/mol. The van der Waals surface area contributed by atoms with Crippen molar-refractivity contribution in [3.05, 3.63) is 46.4 Å². The molecule has 1 fully saturated rings. The Morgan fingerprint density at radius 1 is 1.06 bits per heavy atom. The third-order valence-electron chi connectivity index (χ3n) is 5.21. The van der Waals surface area contributed by atoms with Crippen LogP contribution in [0.3, 0.4) is 0 Å². The lowest BCUT2D eigenvalue weighted by Gasteiger charge is -2.34. The molecule has 0 aliphatic carbocycles. The summed E-state index contributed by atoms with van der Waals surface area (Å²) in [5.41, 5.74) is -0.551. The molecule has 2 aromatic rings. The molecule has 0 aromatic heterocycles. The first-order valence-corrected chi connectivity index (χ1v) is 13.2. The van der Waals surface area contributed by atoms with Gasteiger partial charge in [-0.15, -0.1) is 0 Å². The number of likely N-dealkylation sites (tertiary alicyclic amines) is 1. The van der Waals surface area contributed by atoms with Crippen molar-refractivity contribution >= 4 is 56.5 Å². The minimum Gasteiger partial charge on any atom is -0.504 e. The molecule has 1 saturated heterocycles. The maximum Gasteiger partial charge on any atom is 0.410 e. The zero-order valence-corrected chi connectivity index (χ0v) is 21.8. The van der Waals surface area contributed by atoms with Gasteiger partial charge in [0.1, 0.15) is 10.5 Å². The van der Waals surface area contributed by atoms with Crippen molar-refractivity contribution in [1.29, 1.82) is 0 Å². The summed E-state index contributed by atoms with van der Waals surface area (Å²) in [6, 6.07) is 8.36. The summed E-state index contributed by atoms with van der Waals surface area (Å²) in [7, 11) is -4.18. The number of carbonyl (C=O) groups excluding carboxylic acids is 2. The van der Waals surface area contributed by atoms with E-state index in [2.05, 4.69) is 10.6 Å². The van der Waals surface area contributed by atoms with E-state index in [1.165, 1.54) is 17.0 Å². The number of nitrogens with one attached hydrogen (secondary N) is 2. The smallest absolute Gasteiger partial charge is 0.410 e. The monoisotopic (exact) mass is 543 g/mol. The highest BCUT2D eigenvalue weighted by molar-refractivity contribution is 7.92. The molecule has 190 valence electrons. The van der Waals surface area contributed by atoms with Crippen molar-refractivity contribution in [2.45, 2.75) is 49.4 Å². The van der Waals surface area contributed by atoms with Gasteiger partial charge < -0.3 is 25.4 Å². The molecule has 0 unspecified atom stereocenters. The Bertz CT molecular complexity index is 1230. The van der Waals surface area contributed by atoms with E-state index in [-0.39, 0.29) is 23.7 Å². The maximum atomic E-state index is 13.5. The summed E-state index contributed by atoms with van der Waals surface area (Å²) in [6.07, 6.45) is 0.0845. The van der Waals surface area contributed by atoms with Crippen molar-refractivity contribution in [3.63, 3.8) is 0 Å². The topological polar surface area (TPSA) is 125 Å². The van der Waals surface area contributed by atoms with Crippen LogP contribution in [-0.2, 0) is 14.6 Å². The molecule has 0 radical (unpaired) electrons. The fraction of sp³-hybridized carbons (Fsp3) is 0.391. The fourth-order valence-electron chi connectivity index (χ4n) is 3.61. The number of halogens is 2. The standard InChI is InChI=1S/C23H27Cl2N3O6S/c1-23(2,3)34-22(31)28-12-6-7-14(13-28)35(32,33)20-16(25)10-11-18(19(20)29)27-21(30)26-17-9-5-4-8-15(17)24/h4-5,8-11,14,29H,6-7,12-13H2,1-3H3,(H2,26,27,30)/t14-/m0/s1. The van der Waals surface area contributed by atoms with Crippen LogP contribution >= 0.6 is 23.2 Å². The fourth-order valence-corrected chi connectivity index (χ4v) is 6.17. The van der Waals surface area contributed by atoms with Gasteiger partial charge in [0.25, 0.3) is 0 Å². The number of benzene rings is 2. The molecule has 9 nitrogen and oxygen atoms in total. The van der Waals surface area contributed by atoms with Crippen LogP contribution in [0.1, 0.15) is 33.6 Å². The highest BCUT2D eigenvalue weighted by Crippen LogP contribution is 2.40. The van der Waals surface area contributed by atoms with Crippen molar-refractivity contribution in [2.75, 3.05) is 23.7 Å². The van der Waals surface area contributed by atoms with Crippen LogP contribution in [0.25, 0.3) is 0 Å². The average Bonchev–Trinajstić information content (AvgIpc) is 2.76. The summed E-state index contributed by atoms with van der Waals surface area (Å²) < 4.78 is 32.3. The maximum absolute atomic E-state index is 13.5. The number of hydrogen-bond acceptors (Lipinski definition) is 6. The first-order chi connectivity index (χ1) is 16.3. The zero-order valence-electron chi connectivity index (χ0n) is 19.5. The molecule has 3 rings (SSSR count). The Hall–Kier alpha value is -2.69. The second-order valence-electron chi connectivity index (χ2n) is 9.07. The molecule has 2 aromatic carbocycles. The van der Waals surface area contributed by atoms with Crippen LogP contribution in [0.2, 0.25) is 10.0 Å². The number of amides is 3. The molecule has 1 heterocycles. The number of anilines is 2. The van der Waals surface area contributed by atoms with E-state index >= 15 is 0 Å². The highest BCUT2D eigenvalue weighted by atomic mass is 35.5. The van der Waals surface area contributed by atoms with Crippen molar-refractivity contribution in [2.24, 2.45) is 0 Å². The van der Waals surface area contributed by atoms with E-state index in [0.29, 0.717) is 23.7 Å². The molecule has 1 aliphatic rings. The van der Waals surface area contributed by atoms with Crippen LogP contribution < -0.4 is 10.6 Å². The first-order valence-electron chi connectivity index (χ1n) is 10.9. The molecule has 0 saturated carbocycles. The molecule has 0 bridgehead atoms. The quantitative estimate of drug-likeness (QED) is 0.436. The number of para-hydroxylation sites is 1. The van der Waals surface area contributed by atoms with E-state index in [0.717, 1.165) is 0 Å². The third-order valence-corrected chi connectivity index (χ3v) is 8.21.